The third kappa shape index (κ3) is 4.35. The van der Waals surface area contributed by atoms with Crippen LogP contribution in [0.4, 0.5) is 10.1 Å². The molecular weight excluding hydrogens is 379 g/mol. The van der Waals surface area contributed by atoms with Crippen LogP contribution in [0.5, 0.6) is 0 Å². The number of halogens is 1. The lowest BCUT2D eigenvalue weighted by Crippen LogP contribution is -2.48. The molecule has 0 fully saturated rings. The second-order valence-electron chi connectivity index (χ2n) is 7.32. The van der Waals surface area contributed by atoms with Gasteiger partial charge in [-0.15, -0.1) is 0 Å². The van der Waals surface area contributed by atoms with Crippen molar-refractivity contribution in [3.05, 3.63) is 65.0 Å². The highest BCUT2D eigenvalue weighted by Crippen LogP contribution is 2.26. The van der Waals surface area contributed by atoms with Crippen molar-refractivity contribution >= 4 is 21.6 Å². The summed E-state index contributed by atoms with van der Waals surface area (Å²) in [6, 6.07) is 10.0. The number of rotatable bonds is 6. The van der Waals surface area contributed by atoms with Crippen LogP contribution in [0.25, 0.3) is 0 Å². The molecule has 5 nitrogen and oxygen atoms in total. The van der Waals surface area contributed by atoms with Crippen LogP contribution < -0.4 is 9.62 Å². The van der Waals surface area contributed by atoms with Crippen molar-refractivity contribution in [2.24, 2.45) is 0 Å². The molecule has 0 saturated carbocycles. The van der Waals surface area contributed by atoms with Gasteiger partial charge in [0.1, 0.15) is 11.9 Å². The van der Waals surface area contributed by atoms with Gasteiger partial charge in [-0.3, -0.25) is 9.10 Å². The number of hydrogen-bond acceptors (Lipinski definition) is 3. The van der Waals surface area contributed by atoms with Crippen LogP contribution in [0.15, 0.2) is 42.5 Å². The van der Waals surface area contributed by atoms with E-state index in [0.717, 1.165) is 35.4 Å². The molecule has 150 valence electrons. The number of sulfonamides is 1. The molecule has 1 aliphatic carbocycles. The van der Waals surface area contributed by atoms with E-state index in [4.69, 9.17) is 0 Å². The van der Waals surface area contributed by atoms with E-state index in [1.54, 1.807) is 0 Å². The van der Waals surface area contributed by atoms with Crippen LogP contribution in [-0.2, 0) is 27.7 Å². The third-order valence-electron chi connectivity index (χ3n) is 5.15. The minimum Gasteiger partial charge on any atom is -0.348 e. The minimum atomic E-state index is -3.73. The van der Waals surface area contributed by atoms with E-state index >= 15 is 0 Å². The molecule has 1 N–H and O–H groups in total. The molecule has 0 spiro atoms. The number of carbonyl (C=O) groups excluding carboxylic acids is 1. The summed E-state index contributed by atoms with van der Waals surface area (Å²) in [5, 5.41) is 2.90. The molecule has 0 saturated heterocycles. The summed E-state index contributed by atoms with van der Waals surface area (Å²) >= 11 is 0. The highest BCUT2D eigenvalue weighted by molar-refractivity contribution is 7.92. The summed E-state index contributed by atoms with van der Waals surface area (Å²) in [7, 11) is -3.73. The zero-order chi connectivity index (χ0) is 20.5. The largest absolute Gasteiger partial charge is 0.348 e. The number of fused-ring (bicyclic) bond motifs is 1. The number of nitrogens with one attached hydrogen (secondary N) is 1. The average Bonchev–Trinajstić information content (AvgIpc) is 3.10. The van der Waals surface area contributed by atoms with Gasteiger partial charge in [0.25, 0.3) is 0 Å². The molecule has 1 amide bonds. The summed E-state index contributed by atoms with van der Waals surface area (Å²) in [5.41, 5.74) is 3.91. The van der Waals surface area contributed by atoms with Crippen molar-refractivity contribution < 1.29 is 17.6 Å². The SMILES string of the molecule is C[C@H](NC(=O)[C@@H](C)N(c1ccc(F)cc1)S(C)(=O)=O)c1ccc2c(c1)CCC2. The maximum atomic E-state index is 13.2. The van der Waals surface area contributed by atoms with Crippen LogP contribution in [0.2, 0.25) is 0 Å². The first-order valence-corrected chi connectivity index (χ1v) is 11.2. The van der Waals surface area contributed by atoms with Crippen LogP contribution in [-0.4, -0.2) is 26.6 Å². The summed E-state index contributed by atoms with van der Waals surface area (Å²) in [4.78, 5) is 12.8. The zero-order valence-electron chi connectivity index (χ0n) is 16.3. The summed E-state index contributed by atoms with van der Waals surface area (Å²) < 4.78 is 38.8. The second-order valence-corrected chi connectivity index (χ2v) is 9.18. The quantitative estimate of drug-likeness (QED) is 0.803. The van der Waals surface area contributed by atoms with Gasteiger partial charge in [0.15, 0.2) is 0 Å². The first kappa shape index (κ1) is 20.3. The molecular formula is C21H25FN2O3S. The van der Waals surface area contributed by atoms with E-state index in [0.29, 0.717) is 0 Å². The average molecular weight is 405 g/mol. The number of hydrogen-bond donors (Lipinski definition) is 1. The monoisotopic (exact) mass is 404 g/mol. The molecule has 2 atom stereocenters. The van der Waals surface area contributed by atoms with E-state index in [1.807, 2.05) is 13.0 Å². The van der Waals surface area contributed by atoms with Gasteiger partial charge >= 0.3 is 0 Å². The van der Waals surface area contributed by atoms with E-state index in [1.165, 1.54) is 42.3 Å². The van der Waals surface area contributed by atoms with Crippen molar-refractivity contribution in [3.8, 4) is 0 Å². The van der Waals surface area contributed by atoms with Gasteiger partial charge in [-0.2, -0.15) is 0 Å². The second kappa shape index (κ2) is 7.91. The molecule has 0 heterocycles. The van der Waals surface area contributed by atoms with Gasteiger partial charge in [0.2, 0.25) is 15.9 Å². The van der Waals surface area contributed by atoms with Gasteiger partial charge in [0.05, 0.1) is 18.0 Å². The topological polar surface area (TPSA) is 66.5 Å². The summed E-state index contributed by atoms with van der Waals surface area (Å²) in [5.74, 6) is -0.887. The Morgan fingerprint density at radius 1 is 1.07 bits per heavy atom. The Labute approximate surface area is 165 Å². The fraction of sp³-hybridized carbons (Fsp3) is 0.381. The molecule has 0 radical (unpaired) electrons. The fourth-order valence-electron chi connectivity index (χ4n) is 3.68. The Kier molecular flexibility index (Phi) is 5.74. The normalized spacial score (nSPS) is 15.6. The lowest BCUT2D eigenvalue weighted by atomic mass is 10.0. The number of amides is 1. The van der Waals surface area contributed by atoms with Crippen LogP contribution in [0.1, 0.15) is 43.0 Å². The smallest absolute Gasteiger partial charge is 0.244 e. The van der Waals surface area contributed by atoms with E-state index < -0.39 is 27.8 Å². The molecule has 0 aromatic heterocycles. The molecule has 3 rings (SSSR count). The molecule has 1 aliphatic rings. The third-order valence-corrected chi connectivity index (χ3v) is 6.39. The van der Waals surface area contributed by atoms with Crippen molar-refractivity contribution in [1.29, 1.82) is 0 Å². The number of aryl methyl sites for hydroxylation is 2. The number of nitrogens with zero attached hydrogens (tertiary/aromatic N) is 1. The Bertz CT molecular complexity index is 974. The number of benzene rings is 2. The maximum absolute atomic E-state index is 13.2. The standard InChI is InChI=1S/C21H25FN2O3S/c1-14(17-8-7-16-5-4-6-18(16)13-17)23-21(25)15(2)24(28(3,26)27)20-11-9-19(22)10-12-20/h7-15H,4-6H2,1-3H3,(H,23,25)/t14-,15+/m0/s1. The zero-order valence-corrected chi connectivity index (χ0v) is 17.1. The molecule has 0 unspecified atom stereocenters. The Hall–Kier alpha value is -2.41. The lowest BCUT2D eigenvalue weighted by Gasteiger charge is -2.29. The first-order chi connectivity index (χ1) is 13.2. The van der Waals surface area contributed by atoms with Gasteiger partial charge in [-0.05, 0) is 74.1 Å². The molecule has 7 heteroatoms. The molecule has 0 aliphatic heterocycles. The molecule has 0 bridgehead atoms. The van der Waals surface area contributed by atoms with Crippen LogP contribution in [0, 0.1) is 5.82 Å². The van der Waals surface area contributed by atoms with E-state index in [-0.39, 0.29) is 11.7 Å². The highest BCUT2D eigenvalue weighted by Gasteiger charge is 2.30. The van der Waals surface area contributed by atoms with Crippen LogP contribution in [0.3, 0.4) is 0 Å². The van der Waals surface area contributed by atoms with E-state index in [2.05, 4.69) is 17.4 Å². The van der Waals surface area contributed by atoms with Crippen molar-refractivity contribution in [2.45, 2.75) is 45.2 Å². The summed E-state index contributed by atoms with van der Waals surface area (Å²) in [6.45, 7) is 3.40. The Morgan fingerprint density at radius 2 is 1.71 bits per heavy atom. The van der Waals surface area contributed by atoms with Crippen LogP contribution >= 0.6 is 0 Å². The Balaban J connectivity index is 1.78. The first-order valence-electron chi connectivity index (χ1n) is 9.34. The fourth-order valence-corrected chi connectivity index (χ4v) is 4.85. The maximum Gasteiger partial charge on any atom is 0.244 e. The molecule has 28 heavy (non-hydrogen) atoms. The Morgan fingerprint density at radius 3 is 2.36 bits per heavy atom. The predicted molar refractivity (Wildman–Crippen MR) is 108 cm³/mol. The van der Waals surface area contributed by atoms with Gasteiger partial charge in [-0.25, -0.2) is 12.8 Å². The van der Waals surface area contributed by atoms with Gasteiger partial charge in [-0.1, -0.05) is 18.2 Å². The predicted octanol–water partition coefficient (Wildman–Crippen LogP) is 3.35. The lowest BCUT2D eigenvalue weighted by molar-refractivity contribution is -0.122. The van der Waals surface area contributed by atoms with Gasteiger partial charge < -0.3 is 5.32 Å². The number of anilines is 1. The number of carbonyl (C=O) groups is 1. The molecule has 2 aromatic carbocycles. The minimum absolute atomic E-state index is 0.247. The molecule has 2 aromatic rings. The van der Waals surface area contributed by atoms with E-state index in [9.17, 15) is 17.6 Å². The van der Waals surface area contributed by atoms with Crippen molar-refractivity contribution in [3.63, 3.8) is 0 Å². The van der Waals surface area contributed by atoms with Crippen molar-refractivity contribution in [1.82, 2.24) is 5.32 Å². The highest BCUT2D eigenvalue weighted by atomic mass is 32.2. The van der Waals surface area contributed by atoms with Gasteiger partial charge in [0, 0.05) is 0 Å². The summed E-state index contributed by atoms with van der Waals surface area (Å²) in [6.07, 6.45) is 4.32. The van der Waals surface area contributed by atoms with Crippen molar-refractivity contribution in [2.75, 3.05) is 10.6 Å².